The van der Waals surface area contributed by atoms with Crippen LogP contribution in [-0.4, -0.2) is 11.3 Å². The molecule has 1 aromatic carbocycles. The molecule has 0 fully saturated rings. The van der Waals surface area contributed by atoms with Gasteiger partial charge in [0.05, 0.1) is 5.69 Å². The van der Waals surface area contributed by atoms with Gasteiger partial charge in [0.1, 0.15) is 5.69 Å². The largest absolute Gasteiger partial charge is 0.353 e. The number of aromatic nitrogens is 1. The zero-order valence-corrected chi connectivity index (χ0v) is 10.8. The first-order valence-corrected chi connectivity index (χ1v) is 6.08. The number of hydrogen-bond acceptors (Lipinski definition) is 2. The zero-order valence-electron chi connectivity index (χ0n) is 10.8. The maximum absolute atomic E-state index is 11.2. The molecule has 2 N–H and O–H groups in total. The van der Waals surface area contributed by atoms with Crippen LogP contribution in [0.3, 0.4) is 0 Å². The normalized spacial score (nSPS) is 11.9. The second kappa shape index (κ2) is 5.87. The summed E-state index contributed by atoms with van der Waals surface area (Å²) in [5, 5.41) is 4.27. The van der Waals surface area contributed by atoms with Gasteiger partial charge in [-0.1, -0.05) is 43.0 Å². The lowest BCUT2D eigenvalue weighted by atomic mass is 10.2. The molecule has 0 aliphatic carbocycles. The fraction of sp³-hybridized carbons (Fsp3) is 0.0625. The highest BCUT2D eigenvalue weighted by atomic mass is 16.1. The molecule has 0 radical (unpaired) electrons. The molecule has 2 rings (SSSR count). The van der Waals surface area contributed by atoms with E-state index < -0.39 is 0 Å². The third-order valence-electron chi connectivity index (χ3n) is 2.85. The smallest absolute Gasteiger partial charge is 0.168 e. The maximum atomic E-state index is 11.2. The zero-order chi connectivity index (χ0) is 13.7. The first-order valence-electron chi connectivity index (χ1n) is 6.08. The van der Waals surface area contributed by atoms with Gasteiger partial charge < -0.3 is 10.3 Å². The molecule has 0 atom stereocenters. The van der Waals surface area contributed by atoms with Crippen molar-refractivity contribution in [1.29, 1.82) is 0 Å². The molecule has 1 heterocycles. The summed E-state index contributed by atoms with van der Waals surface area (Å²) in [5.74, 6) is 0. The number of para-hydroxylation sites is 1. The van der Waals surface area contributed by atoms with Gasteiger partial charge in [0.2, 0.25) is 0 Å². The highest BCUT2D eigenvalue weighted by Crippen LogP contribution is 2.27. The quantitative estimate of drug-likeness (QED) is 0.623. The number of aromatic amines is 1. The van der Waals surface area contributed by atoms with Gasteiger partial charge in [0.25, 0.3) is 0 Å². The van der Waals surface area contributed by atoms with Crippen LogP contribution in [0.1, 0.15) is 17.4 Å². The number of fused-ring (bicyclic) bond motifs is 1. The van der Waals surface area contributed by atoms with E-state index in [0.717, 1.165) is 28.6 Å². The lowest BCUT2D eigenvalue weighted by Crippen LogP contribution is -1.98. The van der Waals surface area contributed by atoms with Crippen molar-refractivity contribution < 1.29 is 4.79 Å². The Morgan fingerprint density at radius 2 is 2.16 bits per heavy atom. The average Bonchev–Trinajstić information content (AvgIpc) is 2.81. The Balaban J connectivity index is 2.46. The second-order valence-corrected chi connectivity index (χ2v) is 4.04. The monoisotopic (exact) mass is 252 g/mol. The molecule has 0 unspecified atom stereocenters. The predicted molar refractivity (Wildman–Crippen MR) is 80.4 cm³/mol. The number of rotatable bonds is 5. The minimum Gasteiger partial charge on any atom is -0.353 e. The molecule has 0 saturated carbocycles. The summed E-state index contributed by atoms with van der Waals surface area (Å²) >= 11 is 0. The number of aldehydes is 1. The SMILES string of the molecule is C=C/C=C\C(=C/C)Nc1c(C=O)[nH]c2ccccc12. The van der Waals surface area contributed by atoms with E-state index in [9.17, 15) is 4.79 Å². The Hall–Kier alpha value is -2.55. The van der Waals surface area contributed by atoms with Crippen molar-refractivity contribution in [3.05, 3.63) is 66.5 Å². The minimum absolute atomic E-state index is 0.549. The number of benzene rings is 1. The number of anilines is 1. The molecule has 0 amide bonds. The van der Waals surface area contributed by atoms with Crippen molar-refractivity contribution in [2.45, 2.75) is 6.92 Å². The molecule has 3 heteroatoms. The number of carbonyl (C=O) groups is 1. The van der Waals surface area contributed by atoms with Crippen molar-refractivity contribution in [3.8, 4) is 0 Å². The van der Waals surface area contributed by atoms with E-state index in [4.69, 9.17) is 0 Å². The van der Waals surface area contributed by atoms with E-state index in [0.29, 0.717) is 5.69 Å². The molecule has 0 bridgehead atoms. The number of hydrogen-bond donors (Lipinski definition) is 2. The minimum atomic E-state index is 0.549. The number of H-pyrrole nitrogens is 1. The molecule has 0 aliphatic heterocycles. The van der Waals surface area contributed by atoms with Crippen molar-refractivity contribution >= 4 is 22.9 Å². The van der Waals surface area contributed by atoms with E-state index in [1.807, 2.05) is 49.4 Å². The fourth-order valence-corrected chi connectivity index (χ4v) is 1.91. The Morgan fingerprint density at radius 3 is 2.84 bits per heavy atom. The topological polar surface area (TPSA) is 44.9 Å². The van der Waals surface area contributed by atoms with Crippen LogP contribution in [0.15, 0.2) is 60.8 Å². The van der Waals surface area contributed by atoms with E-state index in [2.05, 4.69) is 16.9 Å². The number of carbonyl (C=O) groups excluding carboxylic acids is 1. The first kappa shape index (κ1) is 12.9. The summed E-state index contributed by atoms with van der Waals surface area (Å²) < 4.78 is 0. The number of nitrogens with one attached hydrogen (secondary N) is 2. The summed E-state index contributed by atoms with van der Waals surface area (Å²) in [4.78, 5) is 14.3. The summed E-state index contributed by atoms with van der Waals surface area (Å²) in [5.41, 5.74) is 3.20. The van der Waals surface area contributed by atoms with E-state index in [-0.39, 0.29) is 0 Å². The van der Waals surface area contributed by atoms with Crippen LogP contribution in [0, 0.1) is 0 Å². The van der Waals surface area contributed by atoms with Crippen LogP contribution in [-0.2, 0) is 0 Å². The molecule has 0 aliphatic rings. The average molecular weight is 252 g/mol. The molecule has 0 spiro atoms. The standard InChI is InChI=1S/C16H16N2O/c1-3-5-8-12(4-2)17-16-13-9-6-7-10-14(13)18-15(16)11-19/h3-11,17-18H,1H2,2H3/b8-5-,12-4+. The second-order valence-electron chi connectivity index (χ2n) is 4.04. The first-order chi connectivity index (χ1) is 9.30. The van der Waals surface area contributed by atoms with Crippen molar-refractivity contribution in [2.24, 2.45) is 0 Å². The van der Waals surface area contributed by atoms with Crippen molar-refractivity contribution in [2.75, 3.05) is 5.32 Å². The van der Waals surface area contributed by atoms with Crippen LogP contribution in [0.2, 0.25) is 0 Å². The Labute approximate surface area is 112 Å². The molecule has 2 aromatic rings. The van der Waals surface area contributed by atoms with Gasteiger partial charge in [-0.2, -0.15) is 0 Å². The molecule has 0 saturated heterocycles. The highest BCUT2D eigenvalue weighted by Gasteiger charge is 2.10. The lowest BCUT2D eigenvalue weighted by Gasteiger charge is -2.06. The third-order valence-corrected chi connectivity index (χ3v) is 2.85. The third kappa shape index (κ3) is 2.65. The molecule has 96 valence electrons. The van der Waals surface area contributed by atoms with Crippen LogP contribution >= 0.6 is 0 Å². The molecular formula is C16H16N2O. The van der Waals surface area contributed by atoms with Gasteiger partial charge in [0.15, 0.2) is 6.29 Å². The Bertz CT molecular complexity index is 662. The van der Waals surface area contributed by atoms with Crippen LogP contribution in [0.4, 0.5) is 5.69 Å². The van der Waals surface area contributed by atoms with Gasteiger partial charge in [0, 0.05) is 16.6 Å². The Morgan fingerprint density at radius 1 is 1.37 bits per heavy atom. The van der Waals surface area contributed by atoms with Gasteiger partial charge in [-0.3, -0.25) is 4.79 Å². The van der Waals surface area contributed by atoms with Crippen molar-refractivity contribution in [1.82, 2.24) is 4.98 Å². The summed E-state index contributed by atoms with van der Waals surface area (Å²) in [6.07, 6.45) is 8.23. The number of allylic oxidation sites excluding steroid dienone is 4. The van der Waals surface area contributed by atoms with Crippen LogP contribution < -0.4 is 5.32 Å². The fourth-order valence-electron chi connectivity index (χ4n) is 1.91. The predicted octanol–water partition coefficient (Wildman–Crippen LogP) is 4.04. The highest BCUT2D eigenvalue weighted by molar-refractivity contribution is 6.02. The van der Waals surface area contributed by atoms with Gasteiger partial charge in [-0.05, 0) is 19.1 Å². The van der Waals surface area contributed by atoms with E-state index in [1.54, 1.807) is 6.08 Å². The Kier molecular flexibility index (Phi) is 3.98. The van der Waals surface area contributed by atoms with Gasteiger partial charge in [-0.15, -0.1) is 0 Å². The van der Waals surface area contributed by atoms with Crippen molar-refractivity contribution in [3.63, 3.8) is 0 Å². The van der Waals surface area contributed by atoms with Gasteiger partial charge in [-0.25, -0.2) is 0 Å². The van der Waals surface area contributed by atoms with Crippen LogP contribution in [0.25, 0.3) is 10.9 Å². The van der Waals surface area contributed by atoms with E-state index >= 15 is 0 Å². The maximum Gasteiger partial charge on any atom is 0.168 e. The lowest BCUT2D eigenvalue weighted by molar-refractivity contribution is 0.112. The molecule has 3 nitrogen and oxygen atoms in total. The molecule has 1 aromatic heterocycles. The van der Waals surface area contributed by atoms with E-state index in [1.165, 1.54) is 0 Å². The summed E-state index contributed by atoms with van der Waals surface area (Å²) in [6, 6.07) is 7.81. The van der Waals surface area contributed by atoms with Crippen LogP contribution in [0.5, 0.6) is 0 Å². The van der Waals surface area contributed by atoms with Gasteiger partial charge >= 0.3 is 0 Å². The molecule has 19 heavy (non-hydrogen) atoms. The summed E-state index contributed by atoms with van der Waals surface area (Å²) in [6.45, 7) is 5.58. The molecular weight excluding hydrogens is 236 g/mol. The summed E-state index contributed by atoms with van der Waals surface area (Å²) in [7, 11) is 0.